The molecule has 2 heterocycles. The molecule has 1 aromatic heterocycles. The van der Waals surface area contributed by atoms with Gasteiger partial charge in [-0.15, -0.1) is 16.8 Å². The van der Waals surface area contributed by atoms with E-state index in [1.54, 1.807) is 13.0 Å². The minimum absolute atomic E-state index is 0.142. The number of hydrogen-bond donors (Lipinski definition) is 0. The van der Waals surface area contributed by atoms with Gasteiger partial charge < -0.3 is 14.1 Å². The highest BCUT2D eigenvalue weighted by atomic mass is 35.5. The molecule has 1 aliphatic heterocycles. The number of aromatic nitrogens is 2. The summed E-state index contributed by atoms with van der Waals surface area (Å²) < 4.78 is 12.2. The number of morpholine rings is 1. The molecule has 1 aromatic carbocycles. The average molecular weight is 488 g/mol. The number of hydrogen-bond acceptors (Lipinski definition) is 5. The largest absolute Gasteiger partial charge is 0.423 e. The molecule has 2 aliphatic rings. The van der Waals surface area contributed by atoms with Crippen molar-refractivity contribution in [3.63, 3.8) is 0 Å². The summed E-state index contributed by atoms with van der Waals surface area (Å²) in [5.74, 6) is 0.686. The Morgan fingerprint density at radius 2 is 2.15 bits per heavy atom. The van der Waals surface area contributed by atoms with Gasteiger partial charge >= 0.3 is 0 Å². The first kappa shape index (κ1) is 23.7. The van der Waals surface area contributed by atoms with Gasteiger partial charge in [0.2, 0.25) is 11.8 Å². The van der Waals surface area contributed by atoms with Gasteiger partial charge in [0, 0.05) is 28.8 Å². The minimum atomic E-state index is -0.690. The molecule has 6 nitrogen and oxygen atoms in total. The van der Waals surface area contributed by atoms with Crippen LogP contribution in [0, 0.1) is 12.3 Å². The van der Waals surface area contributed by atoms with Gasteiger partial charge in [-0.3, -0.25) is 4.79 Å². The standard InChI is InChI=1S/C25H27Cl2N3O3/c1-5-7-20-24(31)30(15(2)23-29-28-16(3)32-23)22(25(4)12-10-18(26)11-13-25)21(33-20)17-8-6-9-19(27)14-17/h5-6,8-12,14-15,20-22H,1,7,13H2,2-4H3/t15-,20+,21+,22+,25?/m1/s1. The number of carbonyl (C=O) groups excluding carboxylic acids is 1. The first-order valence-corrected chi connectivity index (χ1v) is 11.7. The van der Waals surface area contributed by atoms with Crippen LogP contribution in [0.25, 0.3) is 0 Å². The van der Waals surface area contributed by atoms with Crippen molar-refractivity contribution in [1.29, 1.82) is 0 Å². The topological polar surface area (TPSA) is 68.5 Å². The molecule has 0 saturated carbocycles. The van der Waals surface area contributed by atoms with Crippen molar-refractivity contribution in [2.75, 3.05) is 0 Å². The Kier molecular flexibility index (Phi) is 6.80. The fourth-order valence-electron chi connectivity index (χ4n) is 4.65. The molecule has 1 saturated heterocycles. The highest BCUT2D eigenvalue weighted by Crippen LogP contribution is 2.49. The van der Waals surface area contributed by atoms with E-state index >= 15 is 0 Å². The van der Waals surface area contributed by atoms with E-state index in [2.05, 4.69) is 29.8 Å². The predicted octanol–water partition coefficient (Wildman–Crippen LogP) is 6.09. The first-order chi connectivity index (χ1) is 15.7. The van der Waals surface area contributed by atoms with E-state index in [0.717, 1.165) is 5.56 Å². The van der Waals surface area contributed by atoms with Gasteiger partial charge in [-0.1, -0.05) is 60.5 Å². The van der Waals surface area contributed by atoms with Crippen molar-refractivity contribution in [3.8, 4) is 0 Å². The predicted molar refractivity (Wildman–Crippen MR) is 128 cm³/mol. The lowest BCUT2D eigenvalue weighted by molar-refractivity contribution is -0.187. The average Bonchev–Trinajstić information content (AvgIpc) is 3.23. The number of carbonyl (C=O) groups is 1. The summed E-state index contributed by atoms with van der Waals surface area (Å²) in [5, 5.41) is 9.46. The third-order valence-electron chi connectivity index (χ3n) is 6.34. The molecule has 2 aromatic rings. The minimum Gasteiger partial charge on any atom is -0.423 e. The second-order valence-corrected chi connectivity index (χ2v) is 9.66. The Bertz CT molecular complexity index is 1110. The summed E-state index contributed by atoms with van der Waals surface area (Å²) in [6.07, 6.45) is 7.48. The second-order valence-electron chi connectivity index (χ2n) is 8.78. The van der Waals surface area contributed by atoms with Gasteiger partial charge in [-0.2, -0.15) is 0 Å². The number of allylic oxidation sites excluding steroid dienone is 3. The van der Waals surface area contributed by atoms with Crippen molar-refractivity contribution in [3.05, 3.63) is 82.5 Å². The summed E-state index contributed by atoms with van der Waals surface area (Å²) >= 11 is 12.6. The fraction of sp³-hybridized carbons (Fsp3) is 0.400. The normalized spacial score (nSPS) is 28.5. The summed E-state index contributed by atoms with van der Waals surface area (Å²) in [4.78, 5) is 15.7. The van der Waals surface area contributed by atoms with E-state index in [9.17, 15) is 4.79 Å². The Morgan fingerprint density at radius 1 is 1.36 bits per heavy atom. The van der Waals surface area contributed by atoms with Crippen molar-refractivity contribution < 1.29 is 13.9 Å². The summed E-state index contributed by atoms with van der Waals surface area (Å²) in [6.45, 7) is 9.56. The van der Waals surface area contributed by atoms with Crippen LogP contribution < -0.4 is 0 Å². The Balaban J connectivity index is 1.87. The third-order valence-corrected chi connectivity index (χ3v) is 6.85. The molecule has 0 spiro atoms. The molecule has 1 amide bonds. The molecule has 5 atom stereocenters. The Hall–Kier alpha value is -2.41. The second kappa shape index (κ2) is 9.45. The van der Waals surface area contributed by atoms with E-state index in [0.29, 0.717) is 34.7 Å². The van der Waals surface area contributed by atoms with E-state index in [1.807, 2.05) is 48.2 Å². The van der Waals surface area contributed by atoms with Crippen LogP contribution in [-0.2, 0) is 9.53 Å². The zero-order valence-electron chi connectivity index (χ0n) is 18.9. The van der Waals surface area contributed by atoms with Crippen LogP contribution in [0.2, 0.25) is 5.02 Å². The van der Waals surface area contributed by atoms with Gasteiger partial charge in [0.1, 0.15) is 18.2 Å². The van der Waals surface area contributed by atoms with Crippen LogP contribution >= 0.6 is 23.2 Å². The Labute approximate surface area is 203 Å². The van der Waals surface area contributed by atoms with Gasteiger partial charge in [-0.25, -0.2) is 0 Å². The number of benzene rings is 1. The molecule has 8 heteroatoms. The fourth-order valence-corrected chi connectivity index (χ4v) is 4.99. The van der Waals surface area contributed by atoms with E-state index in [4.69, 9.17) is 32.4 Å². The van der Waals surface area contributed by atoms with Crippen molar-refractivity contribution in [1.82, 2.24) is 15.1 Å². The molecule has 4 rings (SSSR count). The van der Waals surface area contributed by atoms with Crippen LogP contribution in [0.5, 0.6) is 0 Å². The molecule has 1 fully saturated rings. The van der Waals surface area contributed by atoms with Crippen LogP contribution in [0.15, 0.2) is 64.6 Å². The molecule has 1 aliphatic carbocycles. The lowest BCUT2D eigenvalue weighted by Crippen LogP contribution is -2.60. The maximum Gasteiger partial charge on any atom is 0.253 e. The molecule has 174 valence electrons. The SMILES string of the molecule is C=CC[C@@H]1O[C@@H](c2cccc(Cl)c2)[C@@H](C2(C)C=CC(Cl)=CC2)N([C@H](C)c2nnc(C)o2)C1=O. The zero-order valence-corrected chi connectivity index (χ0v) is 20.4. The highest BCUT2D eigenvalue weighted by molar-refractivity contribution is 6.31. The van der Waals surface area contributed by atoms with E-state index < -0.39 is 23.7 Å². The number of amides is 1. The Morgan fingerprint density at radius 3 is 2.76 bits per heavy atom. The van der Waals surface area contributed by atoms with Crippen LogP contribution in [0.4, 0.5) is 0 Å². The van der Waals surface area contributed by atoms with Crippen LogP contribution in [0.3, 0.4) is 0 Å². The van der Waals surface area contributed by atoms with Gasteiger partial charge in [0.05, 0.1) is 6.04 Å². The molecule has 0 N–H and O–H groups in total. The number of rotatable bonds is 6. The number of aryl methyl sites for hydroxylation is 1. The number of ether oxygens (including phenoxy) is 1. The van der Waals surface area contributed by atoms with E-state index in [-0.39, 0.29) is 11.9 Å². The number of nitrogens with zero attached hydrogens (tertiary/aromatic N) is 3. The van der Waals surface area contributed by atoms with Gasteiger partial charge in [0.25, 0.3) is 5.91 Å². The summed E-state index contributed by atoms with van der Waals surface area (Å²) in [7, 11) is 0. The summed E-state index contributed by atoms with van der Waals surface area (Å²) in [5.41, 5.74) is 0.423. The molecule has 1 unspecified atom stereocenters. The lowest BCUT2D eigenvalue weighted by Gasteiger charge is -2.53. The van der Waals surface area contributed by atoms with Crippen molar-refractivity contribution in [2.45, 2.75) is 57.9 Å². The maximum absolute atomic E-state index is 13.8. The van der Waals surface area contributed by atoms with Crippen LogP contribution in [-0.4, -0.2) is 33.2 Å². The van der Waals surface area contributed by atoms with Gasteiger partial charge in [0.15, 0.2) is 0 Å². The molecule has 33 heavy (non-hydrogen) atoms. The molecular formula is C25H27Cl2N3O3. The lowest BCUT2D eigenvalue weighted by atomic mass is 9.71. The van der Waals surface area contributed by atoms with Crippen LogP contribution in [0.1, 0.15) is 56.2 Å². The molecule has 0 bridgehead atoms. The van der Waals surface area contributed by atoms with E-state index in [1.165, 1.54) is 0 Å². The quantitative estimate of drug-likeness (QED) is 0.460. The monoisotopic (exact) mass is 487 g/mol. The highest BCUT2D eigenvalue weighted by Gasteiger charge is 2.52. The first-order valence-electron chi connectivity index (χ1n) is 10.9. The molecule has 0 radical (unpaired) electrons. The summed E-state index contributed by atoms with van der Waals surface area (Å²) in [6, 6.07) is 6.72. The van der Waals surface area contributed by atoms with Crippen molar-refractivity contribution >= 4 is 29.1 Å². The maximum atomic E-state index is 13.8. The van der Waals surface area contributed by atoms with Crippen molar-refractivity contribution in [2.24, 2.45) is 5.41 Å². The zero-order chi connectivity index (χ0) is 23.8. The van der Waals surface area contributed by atoms with Gasteiger partial charge in [-0.05, 0) is 37.1 Å². The molecular weight excluding hydrogens is 461 g/mol. The third kappa shape index (κ3) is 4.65. The smallest absolute Gasteiger partial charge is 0.253 e. The number of halogens is 2.